The fourth-order valence-corrected chi connectivity index (χ4v) is 1.82. The van der Waals surface area contributed by atoms with E-state index in [0.29, 0.717) is 18.8 Å². The van der Waals surface area contributed by atoms with Crippen molar-refractivity contribution in [2.24, 2.45) is 0 Å². The summed E-state index contributed by atoms with van der Waals surface area (Å²) in [4.78, 5) is 0. The smallest absolute Gasteiger partial charge is 0.122 e. The maximum atomic E-state index is 5.89. The van der Waals surface area contributed by atoms with Crippen LogP contribution in [0.3, 0.4) is 0 Å². The second-order valence-electron chi connectivity index (χ2n) is 4.22. The molecule has 1 aliphatic rings. The van der Waals surface area contributed by atoms with Gasteiger partial charge < -0.3 is 9.47 Å². The van der Waals surface area contributed by atoms with Crippen LogP contribution < -0.4 is 4.74 Å². The van der Waals surface area contributed by atoms with Gasteiger partial charge in [-0.25, -0.2) is 0 Å². The summed E-state index contributed by atoms with van der Waals surface area (Å²) in [5, 5.41) is 0. The van der Waals surface area contributed by atoms with Gasteiger partial charge in [0, 0.05) is 12.8 Å². The Bertz CT molecular complexity index is 354. The van der Waals surface area contributed by atoms with E-state index in [1.807, 2.05) is 18.2 Å². The van der Waals surface area contributed by atoms with Gasteiger partial charge in [-0.15, -0.1) is 6.58 Å². The molecule has 2 nitrogen and oxygen atoms in total. The van der Waals surface area contributed by atoms with Crippen LogP contribution in [0.4, 0.5) is 0 Å². The number of ether oxygens (including phenoxy) is 2. The van der Waals surface area contributed by atoms with Crippen LogP contribution in [0, 0.1) is 6.92 Å². The lowest BCUT2D eigenvalue weighted by Gasteiger charge is -2.35. The maximum absolute atomic E-state index is 5.89. The summed E-state index contributed by atoms with van der Waals surface area (Å²) >= 11 is 0. The molecule has 0 aliphatic heterocycles. The highest BCUT2D eigenvalue weighted by Crippen LogP contribution is 2.29. The van der Waals surface area contributed by atoms with Crippen molar-refractivity contribution in [3.05, 3.63) is 42.5 Å². The van der Waals surface area contributed by atoms with Gasteiger partial charge in [0.05, 0.1) is 12.7 Å². The highest BCUT2D eigenvalue weighted by atomic mass is 16.5. The molecule has 2 rings (SSSR count). The second kappa shape index (κ2) is 5.17. The SMILES string of the molecule is C=CCOC1CC(Oc2ccccc2C)C1. The lowest BCUT2D eigenvalue weighted by atomic mass is 9.92. The van der Waals surface area contributed by atoms with E-state index in [4.69, 9.17) is 9.47 Å². The van der Waals surface area contributed by atoms with Crippen molar-refractivity contribution in [3.8, 4) is 5.75 Å². The molecule has 2 heteroatoms. The Kier molecular flexibility index (Phi) is 3.62. The number of hydrogen-bond donors (Lipinski definition) is 0. The summed E-state index contributed by atoms with van der Waals surface area (Å²) < 4.78 is 11.4. The molecule has 1 saturated carbocycles. The molecule has 0 heterocycles. The molecule has 16 heavy (non-hydrogen) atoms. The summed E-state index contributed by atoms with van der Waals surface area (Å²) in [6.07, 6.45) is 4.43. The van der Waals surface area contributed by atoms with Crippen molar-refractivity contribution in [2.75, 3.05) is 6.61 Å². The van der Waals surface area contributed by atoms with Crippen LogP contribution in [-0.4, -0.2) is 18.8 Å². The van der Waals surface area contributed by atoms with Crippen LogP contribution in [-0.2, 0) is 4.74 Å². The van der Waals surface area contributed by atoms with Crippen molar-refractivity contribution in [1.29, 1.82) is 0 Å². The lowest BCUT2D eigenvalue weighted by Crippen LogP contribution is -2.39. The number of rotatable bonds is 5. The van der Waals surface area contributed by atoms with Crippen LogP contribution in [0.1, 0.15) is 18.4 Å². The Balaban J connectivity index is 1.77. The van der Waals surface area contributed by atoms with Crippen LogP contribution in [0.2, 0.25) is 0 Å². The minimum atomic E-state index is 0.316. The van der Waals surface area contributed by atoms with Crippen molar-refractivity contribution in [2.45, 2.75) is 32.0 Å². The minimum absolute atomic E-state index is 0.316. The molecule has 0 N–H and O–H groups in total. The number of para-hydroxylation sites is 1. The molecule has 0 unspecified atom stereocenters. The van der Waals surface area contributed by atoms with Gasteiger partial charge in [0.2, 0.25) is 0 Å². The Morgan fingerprint density at radius 1 is 1.31 bits per heavy atom. The fraction of sp³-hybridized carbons (Fsp3) is 0.429. The van der Waals surface area contributed by atoms with E-state index in [9.17, 15) is 0 Å². The Hall–Kier alpha value is -1.28. The summed E-state index contributed by atoms with van der Waals surface area (Å²) in [7, 11) is 0. The van der Waals surface area contributed by atoms with Gasteiger partial charge in [-0.05, 0) is 18.6 Å². The fourth-order valence-electron chi connectivity index (χ4n) is 1.82. The van der Waals surface area contributed by atoms with Crippen molar-refractivity contribution >= 4 is 0 Å². The minimum Gasteiger partial charge on any atom is -0.490 e. The van der Waals surface area contributed by atoms with Crippen molar-refractivity contribution in [1.82, 2.24) is 0 Å². The van der Waals surface area contributed by atoms with Gasteiger partial charge in [-0.3, -0.25) is 0 Å². The van der Waals surface area contributed by atoms with Gasteiger partial charge >= 0.3 is 0 Å². The molecule has 0 spiro atoms. The van der Waals surface area contributed by atoms with E-state index < -0.39 is 0 Å². The monoisotopic (exact) mass is 218 g/mol. The number of benzene rings is 1. The van der Waals surface area contributed by atoms with E-state index in [-0.39, 0.29) is 0 Å². The summed E-state index contributed by atoms with van der Waals surface area (Å²) in [6, 6.07) is 8.12. The van der Waals surface area contributed by atoms with Crippen molar-refractivity contribution < 1.29 is 9.47 Å². The molecule has 1 aromatic rings. The molecule has 86 valence electrons. The summed E-state index contributed by atoms with van der Waals surface area (Å²) in [6.45, 7) is 6.34. The number of hydrogen-bond acceptors (Lipinski definition) is 2. The van der Waals surface area contributed by atoms with Crippen LogP contribution in [0.25, 0.3) is 0 Å². The lowest BCUT2D eigenvalue weighted by molar-refractivity contribution is -0.0512. The standard InChI is InChI=1S/C14H18O2/c1-3-8-15-12-9-13(10-12)16-14-7-5-4-6-11(14)2/h3-7,12-13H,1,8-10H2,2H3. The normalized spacial score (nSPS) is 23.6. The van der Waals surface area contributed by atoms with E-state index in [1.54, 1.807) is 6.08 Å². The van der Waals surface area contributed by atoms with Gasteiger partial charge in [-0.2, -0.15) is 0 Å². The van der Waals surface area contributed by atoms with Gasteiger partial charge in [0.1, 0.15) is 11.9 Å². The highest BCUT2D eigenvalue weighted by Gasteiger charge is 2.31. The van der Waals surface area contributed by atoms with Crippen molar-refractivity contribution in [3.63, 3.8) is 0 Å². The molecule has 0 bridgehead atoms. The molecule has 0 saturated heterocycles. The Morgan fingerprint density at radius 2 is 2.06 bits per heavy atom. The number of aryl methyl sites for hydroxylation is 1. The highest BCUT2D eigenvalue weighted by molar-refractivity contribution is 5.32. The quantitative estimate of drug-likeness (QED) is 0.707. The molecule has 0 radical (unpaired) electrons. The molecule has 0 atom stereocenters. The van der Waals surface area contributed by atoms with Gasteiger partial charge in [0.25, 0.3) is 0 Å². The summed E-state index contributed by atoms with van der Waals surface area (Å²) in [5.41, 5.74) is 1.19. The molecule has 1 aromatic carbocycles. The van der Waals surface area contributed by atoms with E-state index >= 15 is 0 Å². The Labute approximate surface area is 96.9 Å². The van der Waals surface area contributed by atoms with E-state index in [2.05, 4.69) is 19.6 Å². The molecule has 1 fully saturated rings. The first-order valence-electron chi connectivity index (χ1n) is 5.74. The zero-order valence-electron chi connectivity index (χ0n) is 9.69. The molecule has 0 amide bonds. The zero-order chi connectivity index (χ0) is 11.4. The van der Waals surface area contributed by atoms with Crippen LogP contribution in [0.15, 0.2) is 36.9 Å². The van der Waals surface area contributed by atoms with Crippen LogP contribution >= 0.6 is 0 Å². The third-order valence-corrected chi connectivity index (χ3v) is 2.89. The Morgan fingerprint density at radius 3 is 2.75 bits per heavy atom. The van der Waals surface area contributed by atoms with Gasteiger partial charge in [0.15, 0.2) is 0 Å². The van der Waals surface area contributed by atoms with E-state index in [0.717, 1.165) is 18.6 Å². The third kappa shape index (κ3) is 2.64. The second-order valence-corrected chi connectivity index (χ2v) is 4.22. The predicted molar refractivity (Wildman–Crippen MR) is 64.8 cm³/mol. The van der Waals surface area contributed by atoms with Gasteiger partial charge in [-0.1, -0.05) is 24.3 Å². The molecular formula is C14H18O2. The predicted octanol–water partition coefficient (Wildman–Crippen LogP) is 3.11. The average Bonchev–Trinajstić information content (AvgIpc) is 2.24. The van der Waals surface area contributed by atoms with E-state index in [1.165, 1.54) is 5.56 Å². The first-order chi connectivity index (χ1) is 7.79. The first kappa shape index (κ1) is 11.2. The largest absolute Gasteiger partial charge is 0.490 e. The molecule has 0 aromatic heterocycles. The van der Waals surface area contributed by atoms with Crippen LogP contribution in [0.5, 0.6) is 5.75 Å². The summed E-state index contributed by atoms with van der Waals surface area (Å²) in [5.74, 6) is 0.995. The molecular weight excluding hydrogens is 200 g/mol. The topological polar surface area (TPSA) is 18.5 Å². The third-order valence-electron chi connectivity index (χ3n) is 2.89. The molecule has 1 aliphatic carbocycles. The zero-order valence-corrected chi connectivity index (χ0v) is 9.69. The first-order valence-corrected chi connectivity index (χ1v) is 5.74. The maximum Gasteiger partial charge on any atom is 0.122 e. The average molecular weight is 218 g/mol.